The molecule has 0 aliphatic carbocycles. The van der Waals surface area contributed by atoms with Gasteiger partial charge >= 0.3 is 0 Å². The Hall–Kier alpha value is -3.79. The van der Waals surface area contributed by atoms with Crippen molar-refractivity contribution in [2.45, 2.75) is 13.0 Å². The molecule has 4 rings (SSSR count). The SMILES string of the molecule is COc1ccc(-c2cc(C(=O)N(C)[C@H](C)c3nccs3)cc(-n3cnnn3)c2)cc1OC. The molecular weight excluding hydrogens is 428 g/mol. The normalized spacial score (nSPS) is 11.8. The Bertz CT molecular complexity index is 1210. The summed E-state index contributed by atoms with van der Waals surface area (Å²) in [6, 6.07) is 11.0. The number of benzene rings is 2. The molecule has 9 nitrogen and oxygen atoms in total. The van der Waals surface area contributed by atoms with Crippen LogP contribution in [0.15, 0.2) is 54.3 Å². The van der Waals surface area contributed by atoms with Gasteiger partial charge in [-0.2, -0.15) is 0 Å². The summed E-state index contributed by atoms with van der Waals surface area (Å²) in [6.07, 6.45) is 3.23. The van der Waals surface area contributed by atoms with Crippen molar-refractivity contribution in [3.63, 3.8) is 0 Å². The quantitative estimate of drug-likeness (QED) is 0.424. The number of carbonyl (C=O) groups excluding carboxylic acids is 1. The molecule has 164 valence electrons. The van der Waals surface area contributed by atoms with E-state index in [1.54, 1.807) is 38.4 Å². The first-order valence-corrected chi connectivity index (χ1v) is 10.7. The molecule has 2 heterocycles. The summed E-state index contributed by atoms with van der Waals surface area (Å²) in [4.78, 5) is 19.4. The second-order valence-electron chi connectivity index (χ2n) is 7.06. The molecule has 32 heavy (non-hydrogen) atoms. The maximum absolute atomic E-state index is 13.4. The van der Waals surface area contributed by atoms with Crippen LogP contribution in [0.4, 0.5) is 0 Å². The summed E-state index contributed by atoms with van der Waals surface area (Å²) in [6.45, 7) is 1.96. The van der Waals surface area contributed by atoms with Crippen molar-refractivity contribution in [3.8, 4) is 28.3 Å². The van der Waals surface area contributed by atoms with E-state index in [0.29, 0.717) is 22.7 Å². The molecule has 2 aromatic carbocycles. The lowest BCUT2D eigenvalue weighted by atomic mass is 10.0. The number of methoxy groups -OCH3 is 2. The van der Waals surface area contributed by atoms with Crippen LogP contribution in [0.25, 0.3) is 16.8 Å². The second kappa shape index (κ2) is 9.15. The number of rotatable bonds is 7. The maximum atomic E-state index is 13.4. The van der Waals surface area contributed by atoms with Gasteiger partial charge in [-0.1, -0.05) is 6.07 Å². The molecule has 0 radical (unpaired) electrons. The number of nitrogens with zero attached hydrogens (tertiary/aromatic N) is 6. The molecule has 0 aliphatic rings. The predicted octanol–water partition coefficient (Wildman–Crippen LogP) is 3.64. The van der Waals surface area contributed by atoms with Gasteiger partial charge in [-0.05, 0) is 58.8 Å². The highest BCUT2D eigenvalue weighted by molar-refractivity contribution is 7.09. The molecule has 1 atom stereocenters. The van der Waals surface area contributed by atoms with E-state index in [4.69, 9.17) is 9.47 Å². The molecule has 0 bridgehead atoms. The first-order chi connectivity index (χ1) is 15.5. The van der Waals surface area contributed by atoms with Gasteiger partial charge in [-0.3, -0.25) is 4.79 Å². The van der Waals surface area contributed by atoms with Crippen molar-refractivity contribution in [2.24, 2.45) is 0 Å². The van der Waals surface area contributed by atoms with Crippen molar-refractivity contribution >= 4 is 17.2 Å². The lowest BCUT2D eigenvalue weighted by Gasteiger charge is -2.24. The molecule has 2 aromatic heterocycles. The zero-order valence-electron chi connectivity index (χ0n) is 18.1. The monoisotopic (exact) mass is 450 g/mol. The highest BCUT2D eigenvalue weighted by Gasteiger charge is 2.22. The van der Waals surface area contributed by atoms with Gasteiger partial charge in [0, 0.05) is 24.2 Å². The van der Waals surface area contributed by atoms with Crippen molar-refractivity contribution in [3.05, 3.63) is 64.9 Å². The average Bonchev–Trinajstić information content (AvgIpc) is 3.56. The number of ether oxygens (including phenoxy) is 2. The first-order valence-electron chi connectivity index (χ1n) is 9.79. The molecular formula is C22H22N6O3S. The van der Waals surface area contributed by atoms with Crippen LogP contribution in [0.2, 0.25) is 0 Å². The van der Waals surface area contributed by atoms with Crippen LogP contribution in [-0.4, -0.2) is 57.3 Å². The molecule has 0 N–H and O–H groups in total. The van der Waals surface area contributed by atoms with E-state index in [0.717, 1.165) is 16.1 Å². The summed E-state index contributed by atoms with van der Waals surface area (Å²) in [5.41, 5.74) is 2.86. The highest BCUT2D eigenvalue weighted by Crippen LogP contribution is 2.34. The third kappa shape index (κ3) is 4.17. The number of amides is 1. The Labute approximate surface area is 189 Å². The number of tetrazole rings is 1. The zero-order chi connectivity index (χ0) is 22.7. The molecule has 0 spiro atoms. The van der Waals surface area contributed by atoms with E-state index in [-0.39, 0.29) is 11.9 Å². The molecule has 0 aliphatic heterocycles. The van der Waals surface area contributed by atoms with Gasteiger partial charge in [0.2, 0.25) is 0 Å². The van der Waals surface area contributed by atoms with E-state index in [2.05, 4.69) is 20.5 Å². The van der Waals surface area contributed by atoms with Crippen molar-refractivity contribution in [1.82, 2.24) is 30.1 Å². The number of thiazole rings is 1. The predicted molar refractivity (Wildman–Crippen MR) is 120 cm³/mol. The lowest BCUT2D eigenvalue weighted by molar-refractivity contribution is 0.0742. The van der Waals surface area contributed by atoms with Crippen LogP contribution in [0.3, 0.4) is 0 Å². The Balaban J connectivity index is 1.78. The van der Waals surface area contributed by atoms with Crippen molar-refractivity contribution < 1.29 is 14.3 Å². The molecule has 0 saturated carbocycles. The minimum atomic E-state index is -0.163. The fourth-order valence-electron chi connectivity index (χ4n) is 3.31. The Morgan fingerprint density at radius 3 is 2.56 bits per heavy atom. The summed E-state index contributed by atoms with van der Waals surface area (Å²) < 4.78 is 12.3. The highest BCUT2D eigenvalue weighted by atomic mass is 32.1. The molecule has 0 saturated heterocycles. The maximum Gasteiger partial charge on any atom is 0.254 e. The largest absolute Gasteiger partial charge is 0.493 e. The summed E-state index contributed by atoms with van der Waals surface area (Å²) in [7, 11) is 4.95. The van der Waals surface area contributed by atoms with E-state index < -0.39 is 0 Å². The molecule has 1 amide bonds. The number of hydrogen-bond acceptors (Lipinski definition) is 8. The van der Waals surface area contributed by atoms with Crippen LogP contribution in [-0.2, 0) is 0 Å². The number of aromatic nitrogens is 5. The van der Waals surface area contributed by atoms with Crippen LogP contribution in [0, 0.1) is 0 Å². The fraction of sp³-hybridized carbons (Fsp3) is 0.227. The molecule has 0 fully saturated rings. The van der Waals surface area contributed by atoms with E-state index >= 15 is 0 Å². The van der Waals surface area contributed by atoms with Crippen LogP contribution >= 0.6 is 11.3 Å². The Morgan fingerprint density at radius 2 is 1.91 bits per heavy atom. The first kappa shape index (κ1) is 21.4. The molecule has 10 heteroatoms. The standard InChI is InChI=1S/C22H22N6O3S/c1-14(21-23-7-8-32-21)27(2)22(29)17-9-16(10-18(11-17)28-13-24-25-26-28)15-5-6-19(30-3)20(12-15)31-4/h5-14H,1-4H3/t14-/m1/s1. The van der Waals surface area contributed by atoms with Gasteiger partial charge in [0.1, 0.15) is 11.3 Å². The van der Waals surface area contributed by atoms with Gasteiger partial charge in [0.05, 0.1) is 25.9 Å². The van der Waals surface area contributed by atoms with E-state index in [9.17, 15) is 4.79 Å². The van der Waals surface area contributed by atoms with Crippen LogP contribution in [0.1, 0.15) is 28.3 Å². The van der Waals surface area contributed by atoms with Gasteiger partial charge in [0.15, 0.2) is 11.5 Å². The number of hydrogen-bond donors (Lipinski definition) is 0. The minimum absolute atomic E-state index is 0.135. The number of carbonyl (C=O) groups is 1. The Morgan fingerprint density at radius 1 is 1.09 bits per heavy atom. The van der Waals surface area contributed by atoms with Gasteiger partial charge in [-0.25, -0.2) is 9.67 Å². The fourth-order valence-corrected chi connectivity index (χ4v) is 4.05. The second-order valence-corrected chi connectivity index (χ2v) is 7.98. The van der Waals surface area contributed by atoms with Gasteiger partial charge in [-0.15, -0.1) is 16.4 Å². The average molecular weight is 451 g/mol. The zero-order valence-corrected chi connectivity index (χ0v) is 18.9. The minimum Gasteiger partial charge on any atom is -0.493 e. The third-order valence-corrected chi connectivity index (χ3v) is 6.15. The van der Waals surface area contributed by atoms with Gasteiger partial charge < -0.3 is 14.4 Å². The smallest absolute Gasteiger partial charge is 0.254 e. The third-order valence-electron chi connectivity index (χ3n) is 5.21. The Kier molecular flexibility index (Phi) is 6.13. The van der Waals surface area contributed by atoms with Crippen LogP contribution < -0.4 is 9.47 Å². The lowest BCUT2D eigenvalue weighted by Crippen LogP contribution is -2.29. The topological polar surface area (TPSA) is 95.3 Å². The van der Waals surface area contributed by atoms with E-state index in [1.807, 2.05) is 42.6 Å². The van der Waals surface area contributed by atoms with Crippen LogP contribution in [0.5, 0.6) is 11.5 Å². The van der Waals surface area contributed by atoms with E-state index in [1.165, 1.54) is 22.3 Å². The van der Waals surface area contributed by atoms with Gasteiger partial charge in [0.25, 0.3) is 5.91 Å². The van der Waals surface area contributed by atoms with Crippen molar-refractivity contribution in [1.29, 1.82) is 0 Å². The molecule has 4 aromatic rings. The summed E-state index contributed by atoms with van der Waals surface area (Å²) in [5, 5.41) is 14.2. The summed E-state index contributed by atoms with van der Waals surface area (Å²) in [5.74, 6) is 1.09. The summed E-state index contributed by atoms with van der Waals surface area (Å²) >= 11 is 1.52. The molecule has 0 unspecified atom stereocenters. The van der Waals surface area contributed by atoms with Crippen molar-refractivity contribution in [2.75, 3.05) is 21.3 Å².